The summed E-state index contributed by atoms with van der Waals surface area (Å²) in [7, 11) is 0. The Balaban J connectivity index is 2.09. The molecule has 3 nitrogen and oxygen atoms in total. The van der Waals surface area contributed by atoms with E-state index in [2.05, 4.69) is 96.6 Å². The molecule has 0 spiro atoms. The van der Waals surface area contributed by atoms with Crippen LogP contribution in [0, 0.1) is 0 Å². The maximum Gasteiger partial charge on any atom is 0.0843 e. The van der Waals surface area contributed by atoms with Gasteiger partial charge in [0.15, 0.2) is 0 Å². The number of halogens is 3. The van der Waals surface area contributed by atoms with Gasteiger partial charge in [-0.3, -0.25) is 0 Å². The van der Waals surface area contributed by atoms with E-state index < -0.39 is 6.10 Å². The van der Waals surface area contributed by atoms with E-state index in [0.717, 1.165) is 29.8 Å². The van der Waals surface area contributed by atoms with Crippen LogP contribution < -0.4 is 5.32 Å². The molecule has 25 heavy (non-hydrogen) atoms. The largest absolute Gasteiger partial charge is 0.390 e. The number of nitrogens with one attached hydrogen (secondary N) is 1. The van der Waals surface area contributed by atoms with E-state index in [9.17, 15) is 5.11 Å². The van der Waals surface area contributed by atoms with Crippen molar-refractivity contribution in [3.05, 3.63) is 43.7 Å². The number of aliphatic hydroxyl groups excluding tert-OH is 1. The van der Waals surface area contributed by atoms with Crippen molar-refractivity contribution in [2.45, 2.75) is 39.0 Å². The Morgan fingerprint density at radius 3 is 2.40 bits per heavy atom. The number of fused-ring (bicyclic) bond motifs is 3. The number of aliphatic hydroxyl groups is 1. The second-order valence-electron chi connectivity index (χ2n) is 7.34. The lowest BCUT2D eigenvalue weighted by molar-refractivity contribution is 0.144. The minimum atomic E-state index is -0.475. The van der Waals surface area contributed by atoms with Crippen LogP contribution >= 0.6 is 47.8 Å². The van der Waals surface area contributed by atoms with Gasteiger partial charge >= 0.3 is 0 Å². The van der Waals surface area contributed by atoms with Crippen LogP contribution in [0.5, 0.6) is 0 Å². The molecule has 0 aliphatic carbocycles. The predicted octanol–water partition coefficient (Wildman–Crippen LogP) is 5.83. The van der Waals surface area contributed by atoms with E-state index in [1.54, 1.807) is 0 Å². The SMILES string of the molecule is CC(C)(C)NC[C@H](O)Cn1c2ccc(Br)cc2c2cc(Br)cc(Br)c21. The van der Waals surface area contributed by atoms with Crippen molar-refractivity contribution in [1.29, 1.82) is 0 Å². The highest BCUT2D eigenvalue weighted by Crippen LogP contribution is 2.37. The van der Waals surface area contributed by atoms with Gasteiger partial charge in [-0.25, -0.2) is 0 Å². The topological polar surface area (TPSA) is 37.2 Å². The fourth-order valence-corrected chi connectivity index (χ4v) is 4.81. The molecule has 0 aliphatic heterocycles. The first-order valence-corrected chi connectivity index (χ1v) is 10.5. The summed E-state index contributed by atoms with van der Waals surface area (Å²) >= 11 is 10.8. The summed E-state index contributed by atoms with van der Waals surface area (Å²) in [5, 5.41) is 16.3. The van der Waals surface area contributed by atoms with Gasteiger partial charge in [0.1, 0.15) is 0 Å². The number of benzene rings is 2. The van der Waals surface area contributed by atoms with E-state index in [-0.39, 0.29) is 5.54 Å². The second kappa shape index (κ2) is 7.31. The number of rotatable bonds is 4. The zero-order valence-corrected chi connectivity index (χ0v) is 19.2. The van der Waals surface area contributed by atoms with Gasteiger partial charge < -0.3 is 15.0 Å². The molecule has 0 radical (unpaired) electrons. The predicted molar refractivity (Wildman–Crippen MR) is 116 cm³/mol. The van der Waals surface area contributed by atoms with Crippen molar-refractivity contribution in [3.63, 3.8) is 0 Å². The zero-order chi connectivity index (χ0) is 18.4. The van der Waals surface area contributed by atoms with Crippen LogP contribution in [-0.2, 0) is 6.54 Å². The molecule has 1 heterocycles. The molecule has 0 bridgehead atoms. The van der Waals surface area contributed by atoms with Gasteiger partial charge in [0, 0.05) is 41.8 Å². The smallest absolute Gasteiger partial charge is 0.0843 e. The Kier molecular flexibility index (Phi) is 5.66. The number of hydrogen-bond acceptors (Lipinski definition) is 2. The highest BCUT2D eigenvalue weighted by Gasteiger charge is 2.18. The average Bonchev–Trinajstić information content (AvgIpc) is 2.78. The Hall–Kier alpha value is -0.400. The minimum absolute atomic E-state index is 0.0158. The van der Waals surface area contributed by atoms with E-state index in [1.807, 2.05) is 12.1 Å². The first kappa shape index (κ1) is 19.4. The Morgan fingerprint density at radius 2 is 1.72 bits per heavy atom. The summed E-state index contributed by atoms with van der Waals surface area (Å²) in [5.41, 5.74) is 2.20. The normalized spacial score (nSPS) is 13.7. The van der Waals surface area contributed by atoms with Gasteiger partial charge in [-0.2, -0.15) is 0 Å². The standard InChI is InChI=1S/C19H21Br3N2O/c1-19(2,3)23-9-13(25)10-24-17-5-4-11(20)6-14(17)15-7-12(21)8-16(22)18(15)24/h4-8,13,23,25H,9-10H2,1-3H3/t13-/m0/s1. The van der Waals surface area contributed by atoms with Crippen molar-refractivity contribution in [3.8, 4) is 0 Å². The van der Waals surface area contributed by atoms with E-state index in [4.69, 9.17) is 0 Å². The monoisotopic (exact) mass is 530 g/mol. The first-order valence-electron chi connectivity index (χ1n) is 8.15. The molecule has 134 valence electrons. The molecule has 1 aromatic heterocycles. The van der Waals surface area contributed by atoms with Gasteiger partial charge in [0.05, 0.1) is 18.2 Å². The lowest BCUT2D eigenvalue weighted by Crippen LogP contribution is -2.42. The highest BCUT2D eigenvalue weighted by molar-refractivity contribution is 9.11. The van der Waals surface area contributed by atoms with Crippen molar-refractivity contribution in [1.82, 2.24) is 9.88 Å². The summed E-state index contributed by atoms with van der Waals surface area (Å²) < 4.78 is 5.29. The van der Waals surface area contributed by atoms with Crippen LogP contribution in [0.4, 0.5) is 0 Å². The van der Waals surface area contributed by atoms with Crippen molar-refractivity contribution in [2.75, 3.05) is 6.54 Å². The molecule has 0 amide bonds. The molecule has 0 unspecified atom stereocenters. The molecule has 0 aliphatic rings. The Labute approximate surface area is 173 Å². The maximum atomic E-state index is 10.6. The summed E-state index contributed by atoms with van der Waals surface area (Å²) in [5.74, 6) is 0. The number of nitrogens with zero attached hydrogens (tertiary/aromatic N) is 1. The van der Waals surface area contributed by atoms with Crippen LogP contribution in [0.1, 0.15) is 20.8 Å². The number of hydrogen-bond donors (Lipinski definition) is 2. The molecule has 1 atom stereocenters. The summed E-state index contributed by atoms with van der Waals surface area (Å²) in [6.07, 6.45) is -0.475. The summed E-state index contributed by atoms with van der Waals surface area (Å²) in [6.45, 7) is 7.39. The highest BCUT2D eigenvalue weighted by atomic mass is 79.9. The first-order chi connectivity index (χ1) is 11.7. The molecular weight excluding hydrogens is 512 g/mol. The lowest BCUT2D eigenvalue weighted by Gasteiger charge is -2.23. The second-order valence-corrected chi connectivity index (χ2v) is 10.0. The molecule has 3 rings (SSSR count). The molecule has 0 fully saturated rings. The molecule has 2 N–H and O–H groups in total. The third-order valence-corrected chi connectivity index (χ3v) is 5.65. The third-order valence-electron chi connectivity index (χ3n) is 4.10. The van der Waals surface area contributed by atoms with Crippen LogP contribution in [0.2, 0.25) is 0 Å². The maximum absolute atomic E-state index is 10.6. The fourth-order valence-electron chi connectivity index (χ4n) is 3.01. The molecule has 0 saturated heterocycles. The lowest BCUT2D eigenvalue weighted by atomic mass is 10.1. The van der Waals surface area contributed by atoms with Gasteiger partial charge in [0.2, 0.25) is 0 Å². The van der Waals surface area contributed by atoms with Gasteiger partial charge in [-0.05, 0) is 67.0 Å². The molecule has 0 saturated carbocycles. The molecular formula is C19H21Br3N2O. The minimum Gasteiger partial charge on any atom is -0.390 e. The Bertz CT molecular complexity index is 928. The van der Waals surface area contributed by atoms with Crippen molar-refractivity contribution in [2.24, 2.45) is 0 Å². The van der Waals surface area contributed by atoms with Gasteiger partial charge in [0.25, 0.3) is 0 Å². The van der Waals surface area contributed by atoms with Gasteiger partial charge in [-0.1, -0.05) is 31.9 Å². The fraction of sp³-hybridized carbons (Fsp3) is 0.368. The van der Waals surface area contributed by atoms with E-state index in [0.29, 0.717) is 13.1 Å². The van der Waals surface area contributed by atoms with Crippen molar-refractivity contribution < 1.29 is 5.11 Å². The molecule has 3 aromatic rings. The zero-order valence-electron chi connectivity index (χ0n) is 14.4. The van der Waals surface area contributed by atoms with Crippen LogP contribution in [-0.4, -0.2) is 27.9 Å². The van der Waals surface area contributed by atoms with Crippen LogP contribution in [0.25, 0.3) is 21.8 Å². The summed E-state index contributed by atoms with van der Waals surface area (Å²) in [6, 6.07) is 10.5. The van der Waals surface area contributed by atoms with Crippen LogP contribution in [0.3, 0.4) is 0 Å². The summed E-state index contributed by atoms with van der Waals surface area (Å²) in [4.78, 5) is 0. The quantitative estimate of drug-likeness (QED) is 0.443. The van der Waals surface area contributed by atoms with Crippen LogP contribution in [0.15, 0.2) is 43.7 Å². The molecule has 6 heteroatoms. The van der Waals surface area contributed by atoms with Crippen molar-refractivity contribution >= 4 is 69.6 Å². The number of β-amino-alcohol motifs (C(OH)–C–C–N with tert-alkyl or cyclic N) is 1. The van der Waals surface area contributed by atoms with Gasteiger partial charge in [-0.15, -0.1) is 0 Å². The average molecular weight is 533 g/mol. The number of aromatic nitrogens is 1. The molecule has 2 aromatic carbocycles. The Morgan fingerprint density at radius 1 is 1.04 bits per heavy atom. The third kappa shape index (κ3) is 4.30. The van der Waals surface area contributed by atoms with E-state index in [1.165, 1.54) is 5.39 Å². The van der Waals surface area contributed by atoms with E-state index >= 15 is 0 Å².